The third-order valence-corrected chi connectivity index (χ3v) is 2.47. The van der Waals surface area contributed by atoms with E-state index in [-0.39, 0.29) is 5.91 Å². The fourth-order valence-corrected chi connectivity index (χ4v) is 1.33. The van der Waals surface area contributed by atoms with Gasteiger partial charge < -0.3 is 14.8 Å². The second-order valence-electron chi connectivity index (χ2n) is 3.25. The number of anilines is 1. The Morgan fingerprint density at radius 3 is 2.59 bits per heavy atom. The summed E-state index contributed by atoms with van der Waals surface area (Å²) in [5.74, 6) is 0.691. The highest BCUT2D eigenvalue weighted by molar-refractivity contribution is 9.09. The molecule has 5 heteroatoms. The summed E-state index contributed by atoms with van der Waals surface area (Å²) in [4.78, 5) is 11.1. The zero-order valence-electron chi connectivity index (χ0n) is 9.74. The van der Waals surface area contributed by atoms with Crippen molar-refractivity contribution >= 4 is 27.5 Å². The number of rotatable bonds is 7. The number of nitrogens with one attached hydrogen (secondary N) is 1. The molecule has 0 aliphatic heterocycles. The summed E-state index contributed by atoms with van der Waals surface area (Å²) in [5, 5.41) is 3.02. The summed E-state index contributed by atoms with van der Waals surface area (Å²) in [6.45, 7) is 3.75. The Labute approximate surface area is 109 Å². The molecule has 0 aliphatic carbocycles. The topological polar surface area (TPSA) is 47.6 Å². The molecule has 1 rings (SSSR count). The van der Waals surface area contributed by atoms with Crippen LogP contribution in [0, 0.1) is 0 Å². The largest absolute Gasteiger partial charge is 0.491 e. The van der Waals surface area contributed by atoms with Crippen molar-refractivity contribution in [1.29, 1.82) is 0 Å². The van der Waals surface area contributed by atoms with Crippen molar-refractivity contribution in [3.8, 4) is 5.75 Å². The first-order chi connectivity index (χ1) is 8.26. The maximum atomic E-state index is 11.1. The molecule has 0 saturated carbocycles. The quantitative estimate of drug-likeness (QED) is 0.621. The average Bonchev–Trinajstić information content (AvgIpc) is 2.36. The lowest BCUT2D eigenvalue weighted by molar-refractivity contribution is -0.113. The standard InChI is InChI=1S/C12H16BrNO3/c1-2-16-7-8-17-11-5-3-10(4-6-11)14-12(15)9-13/h3-6H,2,7-9H2,1H3,(H,14,15). The number of benzene rings is 1. The summed E-state index contributed by atoms with van der Waals surface area (Å²) >= 11 is 3.08. The number of carbonyl (C=O) groups is 1. The summed E-state index contributed by atoms with van der Waals surface area (Å²) < 4.78 is 10.6. The van der Waals surface area contributed by atoms with Gasteiger partial charge >= 0.3 is 0 Å². The predicted molar refractivity (Wildman–Crippen MR) is 70.9 cm³/mol. The molecular weight excluding hydrogens is 286 g/mol. The van der Waals surface area contributed by atoms with Crippen LogP contribution in [-0.2, 0) is 9.53 Å². The van der Waals surface area contributed by atoms with Gasteiger partial charge in [-0.3, -0.25) is 4.79 Å². The molecule has 4 nitrogen and oxygen atoms in total. The molecule has 0 saturated heterocycles. The van der Waals surface area contributed by atoms with Crippen LogP contribution in [0.5, 0.6) is 5.75 Å². The Bertz CT molecular complexity index is 340. The van der Waals surface area contributed by atoms with Gasteiger partial charge in [0.15, 0.2) is 0 Å². The van der Waals surface area contributed by atoms with E-state index in [1.807, 2.05) is 19.1 Å². The average molecular weight is 302 g/mol. The molecule has 17 heavy (non-hydrogen) atoms. The van der Waals surface area contributed by atoms with Gasteiger partial charge in [0.2, 0.25) is 5.91 Å². The molecule has 0 heterocycles. The van der Waals surface area contributed by atoms with Gasteiger partial charge in [0, 0.05) is 12.3 Å². The van der Waals surface area contributed by atoms with Crippen LogP contribution in [0.25, 0.3) is 0 Å². The van der Waals surface area contributed by atoms with Gasteiger partial charge in [-0.05, 0) is 31.2 Å². The normalized spacial score (nSPS) is 10.0. The highest BCUT2D eigenvalue weighted by atomic mass is 79.9. The third-order valence-electron chi connectivity index (χ3n) is 1.96. The zero-order chi connectivity index (χ0) is 12.5. The summed E-state index contributed by atoms with van der Waals surface area (Å²) in [6.07, 6.45) is 0. The van der Waals surface area contributed by atoms with E-state index >= 15 is 0 Å². The molecule has 0 spiro atoms. The van der Waals surface area contributed by atoms with Crippen molar-refractivity contribution in [1.82, 2.24) is 0 Å². The number of ether oxygens (including phenoxy) is 2. The van der Waals surface area contributed by atoms with Gasteiger partial charge in [-0.15, -0.1) is 0 Å². The lowest BCUT2D eigenvalue weighted by Gasteiger charge is -2.07. The van der Waals surface area contributed by atoms with Crippen LogP contribution in [0.3, 0.4) is 0 Å². The van der Waals surface area contributed by atoms with Crippen LogP contribution < -0.4 is 10.1 Å². The van der Waals surface area contributed by atoms with E-state index in [4.69, 9.17) is 9.47 Å². The molecule has 0 fully saturated rings. The molecule has 94 valence electrons. The van der Waals surface area contributed by atoms with Gasteiger partial charge in [-0.25, -0.2) is 0 Å². The van der Waals surface area contributed by atoms with Crippen LogP contribution in [0.15, 0.2) is 24.3 Å². The molecule has 0 aromatic heterocycles. The van der Waals surface area contributed by atoms with Gasteiger partial charge in [-0.2, -0.15) is 0 Å². The first-order valence-corrected chi connectivity index (χ1v) is 6.55. The van der Waals surface area contributed by atoms with Crippen molar-refractivity contribution in [3.63, 3.8) is 0 Å². The first kappa shape index (κ1) is 14.0. The van der Waals surface area contributed by atoms with Crippen LogP contribution in [0.2, 0.25) is 0 Å². The van der Waals surface area contributed by atoms with E-state index in [9.17, 15) is 4.79 Å². The molecule has 0 unspecified atom stereocenters. The molecule has 1 amide bonds. The number of hydrogen-bond donors (Lipinski definition) is 1. The monoisotopic (exact) mass is 301 g/mol. The van der Waals surface area contributed by atoms with E-state index in [0.29, 0.717) is 25.2 Å². The number of halogens is 1. The van der Waals surface area contributed by atoms with Gasteiger partial charge in [0.1, 0.15) is 12.4 Å². The maximum Gasteiger partial charge on any atom is 0.235 e. The Kier molecular flexibility index (Phi) is 6.65. The molecule has 0 atom stereocenters. The van der Waals surface area contributed by atoms with Crippen molar-refractivity contribution in [2.75, 3.05) is 30.5 Å². The lowest BCUT2D eigenvalue weighted by atomic mass is 10.3. The minimum atomic E-state index is -0.0741. The number of alkyl halides is 1. The summed E-state index contributed by atoms with van der Waals surface area (Å²) in [7, 11) is 0. The minimum Gasteiger partial charge on any atom is -0.491 e. The highest BCUT2D eigenvalue weighted by Crippen LogP contribution is 2.15. The molecule has 1 aromatic carbocycles. The first-order valence-electron chi connectivity index (χ1n) is 5.42. The van der Waals surface area contributed by atoms with Gasteiger partial charge in [0.05, 0.1) is 11.9 Å². The second kappa shape index (κ2) is 8.08. The van der Waals surface area contributed by atoms with Crippen LogP contribution >= 0.6 is 15.9 Å². The Morgan fingerprint density at radius 1 is 1.29 bits per heavy atom. The lowest BCUT2D eigenvalue weighted by Crippen LogP contribution is -2.12. The molecule has 0 bridgehead atoms. The summed E-state index contributed by atoms with van der Waals surface area (Å²) in [5.41, 5.74) is 0.756. The number of hydrogen-bond acceptors (Lipinski definition) is 3. The molecule has 0 radical (unpaired) electrons. The van der Waals surface area contributed by atoms with Gasteiger partial charge in [-0.1, -0.05) is 15.9 Å². The molecule has 0 aliphatic rings. The predicted octanol–water partition coefficient (Wildman–Crippen LogP) is 2.44. The van der Waals surface area contributed by atoms with Crippen molar-refractivity contribution in [2.45, 2.75) is 6.92 Å². The van der Waals surface area contributed by atoms with Crippen LogP contribution in [0.1, 0.15) is 6.92 Å². The van der Waals surface area contributed by atoms with Crippen molar-refractivity contribution in [3.05, 3.63) is 24.3 Å². The Morgan fingerprint density at radius 2 is 2.00 bits per heavy atom. The molecule has 1 N–H and O–H groups in total. The summed E-state index contributed by atoms with van der Waals surface area (Å²) in [6, 6.07) is 7.23. The van der Waals surface area contributed by atoms with Crippen molar-refractivity contribution in [2.24, 2.45) is 0 Å². The Hall–Kier alpha value is -1.07. The molecule has 1 aromatic rings. The smallest absolute Gasteiger partial charge is 0.235 e. The second-order valence-corrected chi connectivity index (χ2v) is 3.81. The van der Waals surface area contributed by atoms with E-state index in [1.165, 1.54) is 0 Å². The van der Waals surface area contributed by atoms with E-state index < -0.39 is 0 Å². The SMILES string of the molecule is CCOCCOc1ccc(NC(=O)CBr)cc1. The minimum absolute atomic E-state index is 0.0741. The van der Waals surface area contributed by atoms with E-state index in [2.05, 4.69) is 21.2 Å². The Balaban J connectivity index is 2.36. The number of carbonyl (C=O) groups excluding carboxylic acids is 1. The van der Waals surface area contributed by atoms with E-state index in [0.717, 1.165) is 11.4 Å². The van der Waals surface area contributed by atoms with Crippen molar-refractivity contribution < 1.29 is 14.3 Å². The third kappa shape index (κ3) is 5.70. The van der Waals surface area contributed by atoms with E-state index in [1.54, 1.807) is 12.1 Å². The molecular formula is C12H16BrNO3. The van der Waals surface area contributed by atoms with Crippen LogP contribution in [-0.4, -0.2) is 31.1 Å². The maximum absolute atomic E-state index is 11.1. The fourth-order valence-electron chi connectivity index (χ4n) is 1.19. The zero-order valence-corrected chi connectivity index (χ0v) is 11.3. The van der Waals surface area contributed by atoms with Gasteiger partial charge in [0.25, 0.3) is 0 Å². The number of amides is 1. The fraction of sp³-hybridized carbons (Fsp3) is 0.417. The van der Waals surface area contributed by atoms with Crippen LogP contribution in [0.4, 0.5) is 5.69 Å². The highest BCUT2D eigenvalue weighted by Gasteiger charge is 1.99.